The highest BCUT2D eigenvalue weighted by Gasteiger charge is 2.53. The Morgan fingerprint density at radius 1 is 1.23 bits per heavy atom. The SMILES string of the molecule is COC1=C(OC)C2(OC)CCC1C2. The van der Waals surface area contributed by atoms with Gasteiger partial charge in [-0.3, -0.25) is 0 Å². The topological polar surface area (TPSA) is 27.7 Å². The molecule has 0 aromatic heterocycles. The van der Waals surface area contributed by atoms with Gasteiger partial charge in [-0.2, -0.15) is 0 Å². The van der Waals surface area contributed by atoms with E-state index in [-0.39, 0.29) is 5.60 Å². The van der Waals surface area contributed by atoms with Crippen molar-refractivity contribution in [2.75, 3.05) is 21.3 Å². The van der Waals surface area contributed by atoms with Gasteiger partial charge in [-0.05, 0) is 19.3 Å². The van der Waals surface area contributed by atoms with Crippen LogP contribution < -0.4 is 0 Å². The number of rotatable bonds is 3. The summed E-state index contributed by atoms with van der Waals surface area (Å²) < 4.78 is 16.3. The summed E-state index contributed by atoms with van der Waals surface area (Å²) in [6.07, 6.45) is 3.24. The standard InChI is InChI=1S/C10H16O3/c1-11-8-7-4-5-10(6-7,13-3)9(8)12-2/h7H,4-6H2,1-3H3. The fourth-order valence-corrected chi connectivity index (χ4v) is 2.67. The monoisotopic (exact) mass is 184 g/mol. The molecule has 2 unspecified atom stereocenters. The van der Waals surface area contributed by atoms with Crippen LogP contribution in [0, 0.1) is 5.92 Å². The van der Waals surface area contributed by atoms with Crippen LogP contribution in [0.1, 0.15) is 19.3 Å². The Hall–Kier alpha value is -0.700. The summed E-state index contributed by atoms with van der Waals surface area (Å²) in [4.78, 5) is 0. The van der Waals surface area contributed by atoms with E-state index in [1.165, 1.54) is 0 Å². The van der Waals surface area contributed by atoms with Gasteiger partial charge in [0.15, 0.2) is 5.76 Å². The summed E-state index contributed by atoms with van der Waals surface area (Å²) in [5.74, 6) is 2.42. The Labute approximate surface area is 78.7 Å². The van der Waals surface area contributed by atoms with E-state index < -0.39 is 0 Å². The zero-order valence-corrected chi connectivity index (χ0v) is 8.42. The quantitative estimate of drug-likeness (QED) is 0.668. The predicted octanol–water partition coefficient (Wildman–Crippen LogP) is 1.69. The second-order valence-corrected chi connectivity index (χ2v) is 3.74. The number of hydrogen-bond donors (Lipinski definition) is 0. The average Bonchev–Trinajstić information content (AvgIpc) is 2.72. The van der Waals surface area contributed by atoms with Crippen molar-refractivity contribution in [1.82, 2.24) is 0 Å². The Kier molecular flexibility index (Phi) is 1.99. The average molecular weight is 184 g/mol. The molecule has 1 saturated carbocycles. The lowest BCUT2D eigenvalue weighted by Crippen LogP contribution is -2.30. The van der Waals surface area contributed by atoms with E-state index in [0.29, 0.717) is 5.92 Å². The second kappa shape index (κ2) is 2.91. The molecule has 0 heterocycles. The first-order valence-corrected chi connectivity index (χ1v) is 4.65. The first-order valence-electron chi connectivity index (χ1n) is 4.65. The van der Waals surface area contributed by atoms with Crippen LogP contribution in [0.15, 0.2) is 11.5 Å². The number of fused-ring (bicyclic) bond motifs is 2. The first kappa shape index (κ1) is 8.88. The van der Waals surface area contributed by atoms with Crippen LogP contribution in [0.4, 0.5) is 0 Å². The van der Waals surface area contributed by atoms with Gasteiger partial charge in [0.2, 0.25) is 0 Å². The maximum atomic E-state index is 5.56. The zero-order valence-electron chi connectivity index (χ0n) is 8.42. The van der Waals surface area contributed by atoms with E-state index in [9.17, 15) is 0 Å². The molecule has 0 amide bonds. The summed E-state index contributed by atoms with van der Waals surface area (Å²) >= 11 is 0. The van der Waals surface area contributed by atoms with Gasteiger partial charge in [-0.15, -0.1) is 0 Å². The molecule has 74 valence electrons. The molecule has 0 N–H and O–H groups in total. The van der Waals surface area contributed by atoms with E-state index in [1.54, 1.807) is 21.3 Å². The smallest absolute Gasteiger partial charge is 0.165 e. The maximum Gasteiger partial charge on any atom is 0.165 e. The Morgan fingerprint density at radius 3 is 2.54 bits per heavy atom. The zero-order chi connectivity index (χ0) is 9.47. The molecule has 2 bridgehead atoms. The van der Waals surface area contributed by atoms with Crippen LogP contribution >= 0.6 is 0 Å². The molecule has 0 aromatic rings. The highest BCUT2D eigenvalue weighted by molar-refractivity contribution is 5.29. The molecular formula is C10H16O3. The molecule has 2 aliphatic rings. The summed E-state index contributed by atoms with van der Waals surface area (Å²) in [6.45, 7) is 0. The van der Waals surface area contributed by atoms with Crippen molar-refractivity contribution >= 4 is 0 Å². The van der Waals surface area contributed by atoms with E-state index in [2.05, 4.69) is 0 Å². The molecule has 0 aliphatic heterocycles. The third-order valence-corrected chi connectivity index (χ3v) is 3.30. The van der Waals surface area contributed by atoms with Crippen molar-refractivity contribution in [2.45, 2.75) is 24.9 Å². The van der Waals surface area contributed by atoms with E-state index in [1.807, 2.05) is 0 Å². The molecule has 2 atom stereocenters. The van der Waals surface area contributed by atoms with Crippen molar-refractivity contribution in [3.63, 3.8) is 0 Å². The lowest BCUT2D eigenvalue weighted by atomic mass is 10.0. The molecule has 1 fully saturated rings. The minimum Gasteiger partial charge on any atom is -0.497 e. The molecule has 2 rings (SSSR count). The molecule has 0 saturated heterocycles. The fourth-order valence-electron chi connectivity index (χ4n) is 2.67. The van der Waals surface area contributed by atoms with Crippen molar-refractivity contribution < 1.29 is 14.2 Å². The van der Waals surface area contributed by atoms with E-state index in [4.69, 9.17) is 14.2 Å². The maximum absolute atomic E-state index is 5.56. The highest BCUT2D eigenvalue weighted by atomic mass is 16.6. The van der Waals surface area contributed by atoms with Crippen LogP contribution in [0.3, 0.4) is 0 Å². The Bertz CT molecular complexity index is 247. The summed E-state index contributed by atoms with van der Waals surface area (Å²) in [5, 5.41) is 0. The predicted molar refractivity (Wildman–Crippen MR) is 48.1 cm³/mol. The van der Waals surface area contributed by atoms with E-state index >= 15 is 0 Å². The minimum absolute atomic E-state index is 0.176. The van der Waals surface area contributed by atoms with Gasteiger partial charge in [0.1, 0.15) is 11.4 Å². The van der Waals surface area contributed by atoms with E-state index in [0.717, 1.165) is 30.8 Å². The second-order valence-electron chi connectivity index (χ2n) is 3.74. The third kappa shape index (κ3) is 0.998. The highest BCUT2D eigenvalue weighted by Crippen LogP contribution is 2.53. The van der Waals surface area contributed by atoms with Gasteiger partial charge in [-0.25, -0.2) is 0 Å². The minimum atomic E-state index is -0.176. The Morgan fingerprint density at radius 2 is 2.00 bits per heavy atom. The van der Waals surface area contributed by atoms with Gasteiger partial charge >= 0.3 is 0 Å². The number of hydrogen-bond acceptors (Lipinski definition) is 3. The molecule has 2 aliphatic carbocycles. The molecule has 0 radical (unpaired) electrons. The van der Waals surface area contributed by atoms with Crippen LogP contribution in [-0.4, -0.2) is 26.9 Å². The van der Waals surface area contributed by atoms with Crippen LogP contribution in [-0.2, 0) is 14.2 Å². The first-order chi connectivity index (χ1) is 6.27. The van der Waals surface area contributed by atoms with Gasteiger partial charge in [0, 0.05) is 13.0 Å². The van der Waals surface area contributed by atoms with Crippen LogP contribution in [0.25, 0.3) is 0 Å². The van der Waals surface area contributed by atoms with Gasteiger partial charge in [0.05, 0.1) is 14.2 Å². The summed E-state index contributed by atoms with van der Waals surface area (Å²) in [6, 6.07) is 0. The van der Waals surface area contributed by atoms with Crippen LogP contribution in [0.5, 0.6) is 0 Å². The molecule has 3 nitrogen and oxygen atoms in total. The fraction of sp³-hybridized carbons (Fsp3) is 0.800. The lowest BCUT2D eigenvalue weighted by Gasteiger charge is -2.27. The van der Waals surface area contributed by atoms with Crippen LogP contribution in [0.2, 0.25) is 0 Å². The van der Waals surface area contributed by atoms with Gasteiger partial charge in [0.25, 0.3) is 0 Å². The normalized spacial score (nSPS) is 37.0. The van der Waals surface area contributed by atoms with Gasteiger partial charge < -0.3 is 14.2 Å². The summed E-state index contributed by atoms with van der Waals surface area (Å²) in [7, 11) is 5.15. The number of allylic oxidation sites excluding steroid dienone is 1. The van der Waals surface area contributed by atoms with Gasteiger partial charge in [-0.1, -0.05) is 0 Å². The third-order valence-electron chi connectivity index (χ3n) is 3.30. The molecule has 3 heteroatoms. The molecule has 0 spiro atoms. The number of methoxy groups -OCH3 is 3. The molecule has 13 heavy (non-hydrogen) atoms. The largest absolute Gasteiger partial charge is 0.497 e. The number of ether oxygens (including phenoxy) is 3. The molecular weight excluding hydrogens is 168 g/mol. The van der Waals surface area contributed by atoms with Crippen molar-refractivity contribution in [2.24, 2.45) is 5.92 Å². The lowest BCUT2D eigenvalue weighted by molar-refractivity contribution is -0.0123. The Balaban J connectivity index is 2.37. The van der Waals surface area contributed by atoms with Crippen molar-refractivity contribution in [3.8, 4) is 0 Å². The summed E-state index contributed by atoms with van der Waals surface area (Å²) in [5.41, 5.74) is -0.176. The molecule has 0 aromatic carbocycles. The van der Waals surface area contributed by atoms with Crippen molar-refractivity contribution in [1.29, 1.82) is 0 Å². The van der Waals surface area contributed by atoms with Crippen molar-refractivity contribution in [3.05, 3.63) is 11.5 Å².